The minimum absolute atomic E-state index is 0.114. The van der Waals surface area contributed by atoms with Crippen LogP contribution in [0.25, 0.3) is 0 Å². The molecule has 0 aliphatic rings. The van der Waals surface area contributed by atoms with Gasteiger partial charge < -0.3 is 4.74 Å². The fraction of sp³-hybridized carbons (Fsp3) is 0.600. The van der Waals surface area contributed by atoms with Gasteiger partial charge in [0.15, 0.2) is 0 Å². The number of rotatable bonds is 1. The van der Waals surface area contributed by atoms with Crippen LogP contribution in [0.2, 0.25) is 0 Å². The highest BCUT2D eigenvalue weighted by Crippen LogP contribution is 2.37. The zero-order valence-corrected chi connectivity index (χ0v) is 12.3. The lowest BCUT2D eigenvalue weighted by Gasteiger charge is -2.27. The number of alkyl halides is 3. The Morgan fingerprint density at radius 3 is 1.74 bits per heavy atom. The fourth-order valence-corrected chi connectivity index (χ4v) is 1.80. The number of halogens is 3. The molecule has 0 bridgehead atoms. The first-order chi connectivity index (χ1) is 8.31. The molecule has 0 radical (unpaired) electrons. The fourth-order valence-electron chi connectivity index (χ4n) is 1.80. The molecule has 0 heterocycles. The standard InChI is InChI=1S/C15H21F3O/c1-13(2,3)10-7-8-12(19-15(16,17)18)11(9-10)14(4,5)6/h7-9H,1-6H3. The summed E-state index contributed by atoms with van der Waals surface area (Å²) in [5.74, 6) is -0.118. The van der Waals surface area contributed by atoms with E-state index in [0.717, 1.165) is 5.56 Å². The maximum Gasteiger partial charge on any atom is 0.573 e. The summed E-state index contributed by atoms with van der Waals surface area (Å²) in [6, 6.07) is 4.91. The van der Waals surface area contributed by atoms with E-state index in [1.807, 2.05) is 41.5 Å². The Balaban J connectivity index is 3.34. The van der Waals surface area contributed by atoms with Gasteiger partial charge in [0.1, 0.15) is 5.75 Å². The maximum atomic E-state index is 12.4. The highest BCUT2D eigenvalue weighted by molar-refractivity contribution is 5.43. The number of benzene rings is 1. The van der Waals surface area contributed by atoms with E-state index >= 15 is 0 Å². The molecule has 0 saturated carbocycles. The highest BCUT2D eigenvalue weighted by Gasteiger charge is 2.34. The first-order valence-electron chi connectivity index (χ1n) is 6.21. The molecule has 4 heteroatoms. The number of ether oxygens (including phenoxy) is 1. The molecule has 108 valence electrons. The van der Waals surface area contributed by atoms with Gasteiger partial charge in [-0.15, -0.1) is 13.2 Å². The second-order valence-corrected chi connectivity index (χ2v) is 6.76. The molecule has 0 atom stereocenters. The minimum Gasteiger partial charge on any atom is -0.405 e. The van der Waals surface area contributed by atoms with Crippen molar-refractivity contribution in [1.82, 2.24) is 0 Å². The van der Waals surface area contributed by atoms with E-state index in [2.05, 4.69) is 4.74 Å². The predicted molar refractivity (Wildman–Crippen MR) is 70.5 cm³/mol. The molecule has 0 aromatic heterocycles. The van der Waals surface area contributed by atoms with Crippen molar-refractivity contribution < 1.29 is 17.9 Å². The van der Waals surface area contributed by atoms with Crippen LogP contribution in [0.4, 0.5) is 13.2 Å². The Hall–Kier alpha value is -1.19. The van der Waals surface area contributed by atoms with Gasteiger partial charge in [0.05, 0.1) is 0 Å². The van der Waals surface area contributed by atoms with Crippen LogP contribution in [0.5, 0.6) is 5.75 Å². The quantitative estimate of drug-likeness (QED) is 0.685. The monoisotopic (exact) mass is 274 g/mol. The molecule has 0 fully saturated rings. The molecule has 1 aromatic rings. The second-order valence-electron chi connectivity index (χ2n) is 6.76. The van der Waals surface area contributed by atoms with Crippen molar-refractivity contribution in [3.8, 4) is 5.75 Å². The zero-order chi connectivity index (χ0) is 15.1. The lowest BCUT2D eigenvalue weighted by molar-refractivity contribution is -0.275. The average Bonchev–Trinajstić information content (AvgIpc) is 2.11. The van der Waals surface area contributed by atoms with Crippen molar-refractivity contribution in [1.29, 1.82) is 0 Å². The van der Waals surface area contributed by atoms with Crippen molar-refractivity contribution in [2.75, 3.05) is 0 Å². The van der Waals surface area contributed by atoms with E-state index in [1.165, 1.54) is 6.07 Å². The van der Waals surface area contributed by atoms with Crippen LogP contribution in [0.3, 0.4) is 0 Å². The third-order valence-corrected chi connectivity index (χ3v) is 2.88. The summed E-state index contributed by atoms with van der Waals surface area (Å²) in [6.45, 7) is 11.7. The number of hydrogen-bond donors (Lipinski definition) is 0. The molecule has 0 aliphatic carbocycles. The molecule has 0 amide bonds. The Kier molecular flexibility index (Phi) is 3.95. The summed E-state index contributed by atoms with van der Waals surface area (Å²) in [5.41, 5.74) is 1.03. The Labute approximate surface area is 112 Å². The van der Waals surface area contributed by atoms with Gasteiger partial charge in [-0.25, -0.2) is 0 Å². The molecular formula is C15H21F3O. The topological polar surface area (TPSA) is 9.23 Å². The maximum absolute atomic E-state index is 12.4. The van der Waals surface area contributed by atoms with Gasteiger partial charge in [0.2, 0.25) is 0 Å². The van der Waals surface area contributed by atoms with Crippen LogP contribution in [-0.2, 0) is 10.8 Å². The minimum atomic E-state index is -4.66. The summed E-state index contributed by atoms with van der Waals surface area (Å²) in [7, 11) is 0. The second kappa shape index (κ2) is 4.73. The Morgan fingerprint density at radius 1 is 0.842 bits per heavy atom. The summed E-state index contributed by atoms with van der Waals surface area (Å²) < 4.78 is 41.4. The molecule has 0 aliphatic heterocycles. The van der Waals surface area contributed by atoms with Crippen molar-refractivity contribution in [3.63, 3.8) is 0 Å². The van der Waals surface area contributed by atoms with E-state index in [-0.39, 0.29) is 11.2 Å². The first kappa shape index (κ1) is 15.9. The van der Waals surface area contributed by atoms with E-state index < -0.39 is 11.8 Å². The smallest absolute Gasteiger partial charge is 0.405 e. The van der Waals surface area contributed by atoms with Gasteiger partial charge in [0.25, 0.3) is 0 Å². The lowest BCUT2D eigenvalue weighted by atomic mass is 9.80. The zero-order valence-electron chi connectivity index (χ0n) is 12.3. The van der Waals surface area contributed by atoms with Crippen molar-refractivity contribution in [2.45, 2.75) is 58.7 Å². The molecule has 0 saturated heterocycles. The van der Waals surface area contributed by atoms with Crippen LogP contribution in [-0.4, -0.2) is 6.36 Å². The van der Waals surface area contributed by atoms with E-state index in [0.29, 0.717) is 5.56 Å². The van der Waals surface area contributed by atoms with Gasteiger partial charge in [-0.2, -0.15) is 0 Å². The molecule has 1 nitrogen and oxygen atoms in total. The summed E-state index contributed by atoms with van der Waals surface area (Å²) in [5, 5.41) is 0. The number of hydrogen-bond acceptors (Lipinski definition) is 1. The van der Waals surface area contributed by atoms with E-state index in [1.54, 1.807) is 12.1 Å². The lowest BCUT2D eigenvalue weighted by Crippen LogP contribution is -2.22. The van der Waals surface area contributed by atoms with Gasteiger partial charge in [0, 0.05) is 5.56 Å². The summed E-state index contributed by atoms with van der Waals surface area (Å²) >= 11 is 0. The Bertz CT molecular complexity index is 448. The molecule has 0 N–H and O–H groups in total. The summed E-state index contributed by atoms with van der Waals surface area (Å²) in [4.78, 5) is 0. The SMILES string of the molecule is CC(C)(C)c1ccc(OC(F)(F)F)c(C(C)(C)C)c1. The van der Waals surface area contributed by atoms with Gasteiger partial charge in [-0.3, -0.25) is 0 Å². The van der Waals surface area contributed by atoms with Crippen molar-refractivity contribution in [3.05, 3.63) is 29.3 Å². The third-order valence-electron chi connectivity index (χ3n) is 2.88. The molecular weight excluding hydrogens is 253 g/mol. The van der Waals surface area contributed by atoms with Crippen LogP contribution >= 0.6 is 0 Å². The van der Waals surface area contributed by atoms with Crippen LogP contribution in [0.15, 0.2) is 18.2 Å². The largest absolute Gasteiger partial charge is 0.573 e. The van der Waals surface area contributed by atoms with E-state index in [4.69, 9.17) is 0 Å². The van der Waals surface area contributed by atoms with Gasteiger partial charge in [-0.1, -0.05) is 53.7 Å². The molecule has 1 rings (SSSR count). The molecule has 19 heavy (non-hydrogen) atoms. The normalized spacial score (nSPS) is 13.5. The first-order valence-corrected chi connectivity index (χ1v) is 6.21. The van der Waals surface area contributed by atoms with Crippen molar-refractivity contribution >= 4 is 0 Å². The van der Waals surface area contributed by atoms with Crippen LogP contribution < -0.4 is 4.74 Å². The highest BCUT2D eigenvalue weighted by atomic mass is 19.4. The predicted octanol–water partition coefficient (Wildman–Crippen LogP) is 5.18. The third kappa shape index (κ3) is 4.44. The van der Waals surface area contributed by atoms with Crippen LogP contribution in [0.1, 0.15) is 52.7 Å². The van der Waals surface area contributed by atoms with E-state index in [9.17, 15) is 13.2 Å². The Morgan fingerprint density at radius 2 is 1.37 bits per heavy atom. The molecule has 0 unspecified atom stereocenters. The average molecular weight is 274 g/mol. The molecule has 1 aromatic carbocycles. The van der Waals surface area contributed by atoms with Crippen LogP contribution in [0, 0.1) is 0 Å². The molecule has 0 spiro atoms. The summed E-state index contributed by atoms with van der Waals surface area (Å²) in [6.07, 6.45) is -4.66. The van der Waals surface area contributed by atoms with Gasteiger partial charge in [-0.05, 0) is 22.5 Å². The van der Waals surface area contributed by atoms with Gasteiger partial charge >= 0.3 is 6.36 Å². The van der Waals surface area contributed by atoms with Crippen molar-refractivity contribution in [2.24, 2.45) is 0 Å².